The van der Waals surface area contributed by atoms with Gasteiger partial charge in [0.25, 0.3) is 0 Å². The van der Waals surface area contributed by atoms with Gasteiger partial charge in [-0.05, 0) is 72.8 Å². The molecule has 12 heteroatoms. The van der Waals surface area contributed by atoms with Gasteiger partial charge in [-0.1, -0.05) is 109 Å². The van der Waals surface area contributed by atoms with Crippen LogP contribution < -0.4 is 31.8 Å². The molecule has 0 radical (unpaired) electrons. The first-order valence-corrected chi connectivity index (χ1v) is 49.8. The molecule has 0 aliphatic carbocycles. The van der Waals surface area contributed by atoms with E-state index in [1.165, 1.54) is 31.8 Å². The Morgan fingerprint density at radius 3 is 0.460 bits per heavy atom. The number of hydrogen-bond acceptors (Lipinski definition) is 0. The van der Waals surface area contributed by atoms with Crippen molar-refractivity contribution in [1.82, 2.24) is 0 Å². The summed E-state index contributed by atoms with van der Waals surface area (Å²) in [7, 11) is -3.05. The van der Waals surface area contributed by atoms with Gasteiger partial charge in [0, 0.05) is 0 Å². The molecule has 6 aromatic rings. The number of benzene rings is 6. The van der Waals surface area contributed by atoms with Gasteiger partial charge in [-0.3, -0.25) is 0 Å². The summed E-state index contributed by atoms with van der Waals surface area (Å²) in [6.45, 7) is 4.82. The summed E-state index contributed by atoms with van der Waals surface area (Å²) in [5, 5.41) is 8.57. The Labute approximate surface area is 395 Å². The second kappa shape index (κ2) is 24.1. The zero-order valence-electron chi connectivity index (χ0n) is 27.0. The Hall–Kier alpha value is 3.06. The summed E-state index contributed by atoms with van der Waals surface area (Å²) in [6, 6.07) is 65.3. The second-order valence-electron chi connectivity index (χ2n) is 10.7. The molecule has 6 aromatic carbocycles. The van der Waals surface area contributed by atoms with E-state index in [2.05, 4.69) is 358 Å². The molecular formula is C38H36I8Mn2P2. The SMILES string of the molecule is C[P+](c1ccccc1)(c1ccccc1)c1ccccc1.C[P+](c1ccccc1)(c1ccccc1)c1ccccc1.[I][Mn-]([I])([I])[I].[I][Mn-]([I])([I])[I]. The Morgan fingerprint density at radius 1 is 0.260 bits per heavy atom. The fraction of sp³-hybridized carbons (Fsp3) is 0.0526. The normalized spacial score (nSPS) is 12.0. The van der Waals surface area contributed by atoms with Crippen LogP contribution in [0.25, 0.3) is 0 Å². The number of halogens is 8. The standard InChI is InChI=1S/2C19H18P.8HI.2Mn/c2*1-20(17-11-5-2-6-12-17,18-13-7-3-8-14-18)19-15-9-4-10-16-19;;;;;;;;;;/h2*2-16H,1H3;8*1H;;/q2*+1;;;;;;;;;2*+3/p-8. The molecule has 0 N–H and O–H groups in total. The Morgan fingerprint density at radius 2 is 0.360 bits per heavy atom. The van der Waals surface area contributed by atoms with Crippen molar-refractivity contribution < 1.29 is -0.308 Å². The van der Waals surface area contributed by atoms with Crippen molar-refractivity contribution in [2.75, 3.05) is 13.3 Å². The summed E-state index contributed by atoms with van der Waals surface area (Å²) in [4.78, 5) is 0. The molecule has 0 aromatic heterocycles. The molecule has 50 heavy (non-hydrogen) atoms. The first-order chi connectivity index (χ1) is 23.6. The van der Waals surface area contributed by atoms with Gasteiger partial charge in [-0.2, -0.15) is 0 Å². The minimum absolute atomic E-state index is 0.745. The third-order valence-electron chi connectivity index (χ3n) is 7.64. The maximum atomic E-state index is 2.48. The van der Waals surface area contributed by atoms with Crippen LogP contribution in [-0.2, 0) is -0.308 Å². The van der Waals surface area contributed by atoms with E-state index < -0.39 is 14.2 Å². The zero-order valence-corrected chi connectivity index (χ0v) is 48.4. The molecule has 0 bridgehead atoms. The summed E-state index contributed by atoms with van der Waals surface area (Å²) in [5.74, 6) is 0. The van der Waals surface area contributed by atoms with E-state index in [1.54, 1.807) is 0 Å². The van der Waals surface area contributed by atoms with E-state index in [4.69, 9.17) is 0 Å². The maximum absolute atomic E-state index is 2.48. The molecule has 0 fully saturated rings. The van der Waals surface area contributed by atoms with Crippen molar-refractivity contribution in [3.8, 4) is 0 Å². The van der Waals surface area contributed by atoms with Crippen molar-refractivity contribution in [2.24, 2.45) is 0 Å². The van der Waals surface area contributed by atoms with Gasteiger partial charge in [-0.15, -0.1) is 0 Å². The average molecular weight is 1680 g/mol. The predicted molar refractivity (Wildman–Crippen MR) is 294 cm³/mol. The van der Waals surface area contributed by atoms with Gasteiger partial charge in [0.2, 0.25) is 0 Å². The molecule has 268 valence electrons. The quantitative estimate of drug-likeness (QED) is 0.0886. The molecule has 0 atom stereocenters. The third kappa shape index (κ3) is 16.9. The van der Waals surface area contributed by atoms with E-state index >= 15 is 0 Å². The van der Waals surface area contributed by atoms with Gasteiger partial charge >= 0.3 is 162 Å². The van der Waals surface area contributed by atoms with Gasteiger partial charge in [0.15, 0.2) is 0 Å². The molecule has 6 rings (SSSR count). The summed E-state index contributed by atoms with van der Waals surface area (Å²) in [6.07, 6.45) is 0. The monoisotopic (exact) mass is 1680 g/mol. The van der Waals surface area contributed by atoms with Crippen molar-refractivity contribution in [1.29, 1.82) is 0 Å². The van der Waals surface area contributed by atoms with Gasteiger partial charge in [0.1, 0.15) is 46.4 Å². The topological polar surface area (TPSA) is 0 Å². The molecule has 0 nitrogen and oxygen atoms in total. The minimum atomic E-state index is -1.53. The van der Waals surface area contributed by atoms with E-state index in [9.17, 15) is 0 Å². The Kier molecular flexibility index (Phi) is 22.9. The van der Waals surface area contributed by atoms with E-state index in [0.29, 0.717) is 0 Å². The summed E-state index contributed by atoms with van der Waals surface area (Å²) < 4.78 is -1.49. The number of rotatable bonds is 6. The first kappa shape index (κ1) is 47.4. The molecule has 0 unspecified atom stereocenters. The van der Waals surface area contributed by atoms with Crippen LogP contribution in [0.3, 0.4) is 0 Å². The van der Waals surface area contributed by atoms with Crippen LogP contribution in [0.5, 0.6) is 0 Å². The first-order valence-electron chi connectivity index (χ1n) is 14.8. The van der Waals surface area contributed by atoms with Crippen LogP contribution in [0.1, 0.15) is 0 Å². The van der Waals surface area contributed by atoms with Gasteiger partial charge < -0.3 is 0 Å². The molecule has 0 aliphatic heterocycles. The molecule has 0 spiro atoms. The zero-order chi connectivity index (χ0) is 36.7. The average Bonchev–Trinajstić information content (AvgIpc) is 3.12. The summed E-state index contributed by atoms with van der Waals surface area (Å²) >= 11 is 19.8. The fourth-order valence-electron chi connectivity index (χ4n) is 5.25. The molecule has 0 saturated heterocycles. The predicted octanol–water partition coefficient (Wildman–Crippen LogP) is 14.3. The van der Waals surface area contributed by atoms with Crippen molar-refractivity contribution in [2.45, 2.75) is 0 Å². The Bertz CT molecular complexity index is 1450. The van der Waals surface area contributed by atoms with Crippen molar-refractivity contribution in [3.63, 3.8) is 0 Å². The second-order valence-corrected chi connectivity index (χ2v) is 137. The van der Waals surface area contributed by atoms with E-state index in [1.807, 2.05) is 0 Å². The number of hydrogen-bond donors (Lipinski definition) is 0. The van der Waals surface area contributed by atoms with Crippen LogP contribution in [-0.4, -0.2) is 13.3 Å². The molecule has 0 saturated carbocycles. The molecule has 0 heterocycles. The molecule has 0 aliphatic rings. The van der Waals surface area contributed by atoms with E-state index in [0.717, 1.165) is 0 Å². The van der Waals surface area contributed by atoms with Crippen LogP contribution in [0, 0.1) is 0 Å². The van der Waals surface area contributed by atoms with Crippen molar-refractivity contribution in [3.05, 3.63) is 182 Å². The Balaban J connectivity index is 0.000000214. The fourth-order valence-corrected chi connectivity index (χ4v) is 11.7. The molecular weight excluding hydrogens is 1640 g/mol. The summed E-state index contributed by atoms with van der Waals surface area (Å²) in [5.41, 5.74) is 0. The van der Waals surface area contributed by atoms with Gasteiger partial charge in [0.05, 0.1) is 13.3 Å². The van der Waals surface area contributed by atoms with Crippen molar-refractivity contribution >= 4 is 209 Å². The van der Waals surface area contributed by atoms with E-state index in [-0.39, 0.29) is 0 Å². The van der Waals surface area contributed by atoms with Gasteiger partial charge in [-0.25, -0.2) is 0 Å². The third-order valence-corrected chi connectivity index (χ3v) is 15.6. The van der Waals surface area contributed by atoms with Crippen LogP contribution in [0.4, 0.5) is 0 Å². The van der Waals surface area contributed by atoms with Crippen LogP contribution in [0.2, 0.25) is 0 Å². The van der Waals surface area contributed by atoms with Crippen LogP contribution >= 0.6 is 177 Å². The van der Waals surface area contributed by atoms with Crippen LogP contribution in [0.15, 0.2) is 182 Å². The molecule has 0 amide bonds.